The van der Waals surface area contributed by atoms with Gasteiger partial charge in [0, 0.05) is 5.56 Å². The molecule has 0 radical (unpaired) electrons. The first kappa shape index (κ1) is 12.5. The zero-order valence-corrected chi connectivity index (χ0v) is 9.82. The van der Waals surface area contributed by atoms with Crippen molar-refractivity contribution in [3.05, 3.63) is 47.5 Å². The van der Waals surface area contributed by atoms with E-state index in [-0.39, 0.29) is 12.0 Å². The van der Waals surface area contributed by atoms with Gasteiger partial charge in [-0.2, -0.15) is 0 Å². The van der Waals surface area contributed by atoms with Gasteiger partial charge < -0.3 is 4.74 Å². The number of benzene rings is 2. The molecule has 4 heteroatoms. The highest BCUT2D eigenvalue weighted by molar-refractivity contribution is 5.90. The minimum Gasteiger partial charge on any atom is -0.469 e. The molecule has 18 heavy (non-hydrogen) atoms. The maximum absolute atomic E-state index is 13.0. The van der Waals surface area contributed by atoms with Gasteiger partial charge in [0.15, 0.2) is 0 Å². The summed E-state index contributed by atoms with van der Waals surface area (Å²) >= 11 is 0. The Hall–Kier alpha value is -1.97. The molecule has 0 aliphatic rings. The number of methoxy groups -OCH3 is 1. The molecule has 94 valence electrons. The van der Waals surface area contributed by atoms with Gasteiger partial charge in [-0.3, -0.25) is 4.79 Å². The molecule has 0 heterocycles. The minimum atomic E-state index is -2.60. The fraction of sp³-hybridized carbons (Fsp3) is 0.214. The van der Waals surface area contributed by atoms with E-state index in [9.17, 15) is 13.6 Å². The summed E-state index contributed by atoms with van der Waals surface area (Å²) in [6.07, 6.45) is -2.74. The van der Waals surface area contributed by atoms with E-state index in [0.29, 0.717) is 10.9 Å². The Morgan fingerprint density at radius 3 is 2.61 bits per heavy atom. The fourth-order valence-electron chi connectivity index (χ4n) is 1.97. The van der Waals surface area contributed by atoms with Gasteiger partial charge in [-0.25, -0.2) is 8.78 Å². The largest absolute Gasteiger partial charge is 0.469 e. The lowest BCUT2D eigenvalue weighted by molar-refractivity contribution is -0.139. The van der Waals surface area contributed by atoms with Crippen molar-refractivity contribution in [3.63, 3.8) is 0 Å². The highest BCUT2D eigenvalue weighted by atomic mass is 19.3. The van der Waals surface area contributed by atoms with E-state index in [4.69, 9.17) is 0 Å². The van der Waals surface area contributed by atoms with Gasteiger partial charge in [0.2, 0.25) is 0 Å². The molecule has 0 N–H and O–H groups in total. The van der Waals surface area contributed by atoms with Gasteiger partial charge >= 0.3 is 5.97 Å². The first-order chi connectivity index (χ1) is 8.63. The molecular formula is C14H12F2O2. The number of carbonyl (C=O) groups excluding carboxylic acids is 1. The van der Waals surface area contributed by atoms with Crippen molar-refractivity contribution in [2.75, 3.05) is 7.11 Å². The lowest BCUT2D eigenvalue weighted by Crippen LogP contribution is -2.07. The number of esters is 1. The zero-order valence-electron chi connectivity index (χ0n) is 9.82. The number of fused-ring (bicyclic) bond motifs is 1. The molecule has 2 aromatic rings. The number of halogens is 2. The zero-order chi connectivity index (χ0) is 13.1. The van der Waals surface area contributed by atoms with Crippen molar-refractivity contribution in [1.29, 1.82) is 0 Å². The van der Waals surface area contributed by atoms with Gasteiger partial charge in [0.05, 0.1) is 13.5 Å². The van der Waals surface area contributed by atoms with Crippen molar-refractivity contribution in [2.24, 2.45) is 0 Å². The third-order valence-corrected chi connectivity index (χ3v) is 2.86. The second kappa shape index (κ2) is 5.12. The van der Waals surface area contributed by atoms with Crippen LogP contribution in [0.4, 0.5) is 8.78 Å². The lowest BCUT2D eigenvalue weighted by Gasteiger charge is -2.11. The molecule has 2 rings (SSSR count). The molecule has 0 aliphatic heterocycles. The lowest BCUT2D eigenvalue weighted by atomic mass is 9.97. The normalized spacial score (nSPS) is 10.9. The molecule has 0 unspecified atom stereocenters. The number of carbonyl (C=O) groups is 1. The van der Waals surface area contributed by atoms with E-state index in [2.05, 4.69) is 4.74 Å². The van der Waals surface area contributed by atoms with E-state index in [1.807, 2.05) is 12.1 Å². The molecule has 0 amide bonds. The molecule has 2 nitrogen and oxygen atoms in total. The van der Waals surface area contributed by atoms with E-state index >= 15 is 0 Å². The molecule has 0 atom stereocenters. The Balaban J connectivity index is 2.62. The summed E-state index contributed by atoms with van der Waals surface area (Å²) in [5.41, 5.74) is 0.231. The number of rotatable bonds is 3. The monoisotopic (exact) mass is 250 g/mol. The van der Waals surface area contributed by atoms with Crippen molar-refractivity contribution in [3.8, 4) is 0 Å². The maximum Gasteiger partial charge on any atom is 0.310 e. The van der Waals surface area contributed by atoms with Crippen LogP contribution in [0.1, 0.15) is 17.6 Å². The Labute approximate surface area is 103 Å². The van der Waals surface area contributed by atoms with E-state index in [1.165, 1.54) is 13.2 Å². The molecule has 0 bridgehead atoms. The summed E-state index contributed by atoms with van der Waals surface area (Å²) in [5.74, 6) is -0.520. The van der Waals surface area contributed by atoms with Crippen molar-refractivity contribution in [1.82, 2.24) is 0 Å². The maximum atomic E-state index is 13.0. The van der Waals surface area contributed by atoms with Crippen LogP contribution in [-0.2, 0) is 16.0 Å². The summed E-state index contributed by atoms with van der Waals surface area (Å²) < 4.78 is 30.5. The van der Waals surface area contributed by atoms with Gasteiger partial charge in [-0.15, -0.1) is 0 Å². The average Bonchev–Trinajstić information content (AvgIpc) is 2.38. The number of hydrogen-bond donors (Lipinski definition) is 0. The third-order valence-electron chi connectivity index (χ3n) is 2.86. The Morgan fingerprint density at radius 1 is 1.22 bits per heavy atom. The molecular weight excluding hydrogens is 238 g/mol. The van der Waals surface area contributed by atoms with Crippen LogP contribution in [-0.4, -0.2) is 13.1 Å². The van der Waals surface area contributed by atoms with Crippen LogP contribution >= 0.6 is 0 Å². The van der Waals surface area contributed by atoms with Crippen molar-refractivity contribution < 1.29 is 18.3 Å². The van der Waals surface area contributed by atoms with Crippen molar-refractivity contribution in [2.45, 2.75) is 12.8 Å². The molecule has 0 saturated carbocycles. The molecule has 0 saturated heterocycles. The van der Waals surface area contributed by atoms with Crippen LogP contribution < -0.4 is 0 Å². The Morgan fingerprint density at radius 2 is 1.94 bits per heavy atom. The summed E-state index contributed by atoms with van der Waals surface area (Å²) in [4.78, 5) is 11.3. The van der Waals surface area contributed by atoms with Crippen LogP contribution in [0, 0.1) is 0 Å². The summed E-state index contributed by atoms with van der Waals surface area (Å²) in [6, 6.07) is 10.2. The molecule has 0 aromatic heterocycles. The van der Waals surface area contributed by atoms with E-state index in [0.717, 1.165) is 5.39 Å². The second-order valence-electron chi connectivity index (χ2n) is 3.91. The molecule has 0 spiro atoms. The van der Waals surface area contributed by atoms with Gasteiger partial charge in [-0.1, -0.05) is 36.4 Å². The highest BCUT2D eigenvalue weighted by Crippen LogP contribution is 2.30. The summed E-state index contributed by atoms with van der Waals surface area (Å²) in [7, 11) is 1.25. The average molecular weight is 250 g/mol. The molecule has 2 aromatic carbocycles. The predicted octanol–water partition coefficient (Wildman–Crippen LogP) is 3.49. The summed E-state index contributed by atoms with van der Waals surface area (Å²) in [6.45, 7) is 0. The number of ether oxygens (including phenoxy) is 1. The topological polar surface area (TPSA) is 26.3 Å². The predicted molar refractivity (Wildman–Crippen MR) is 64.6 cm³/mol. The van der Waals surface area contributed by atoms with Crippen LogP contribution in [0.2, 0.25) is 0 Å². The Bertz CT molecular complexity index is 579. The third kappa shape index (κ3) is 2.32. The van der Waals surface area contributed by atoms with Crippen molar-refractivity contribution >= 4 is 16.7 Å². The quantitative estimate of drug-likeness (QED) is 0.779. The van der Waals surface area contributed by atoms with Gasteiger partial charge in [-0.05, 0) is 16.3 Å². The summed E-state index contributed by atoms with van der Waals surface area (Å²) in [5, 5.41) is 1.50. The molecule has 0 aliphatic carbocycles. The van der Waals surface area contributed by atoms with Crippen LogP contribution in [0.3, 0.4) is 0 Å². The number of hydrogen-bond acceptors (Lipinski definition) is 2. The second-order valence-corrected chi connectivity index (χ2v) is 3.91. The number of alkyl halides is 2. The van der Waals surface area contributed by atoms with Crippen LogP contribution in [0.5, 0.6) is 0 Å². The standard InChI is InChI=1S/C14H12F2O2/c1-18-13(17)8-12-10-5-3-2-4-9(10)6-7-11(12)14(15)16/h2-7,14H,8H2,1H3. The van der Waals surface area contributed by atoms with E-state index < -0.39 is 12.4 Å². The molecule has 0 fully saturated rings. The fourth-order valence-corrected chi connectivity index (χ4v) is 1.97. The first-order valence-corrected chi connectivity index (χ1v) is 5.49. The SMILES string of the molecule is COC(=O)Cc1c(C(F)F)ccc2ccccc12. The van der Waals surface area contributed by atoms with E-state index in [1.54, 1.807) is 18.2 Å². The van der Waals surface area contributed by atoms with Crippen LogP contribution in [0.25, 0.3) is 10.8 Å². The van der Waals surface area contributed by atoms with Gasteiger partial charge in [0.25, 0.3) is 6.43 Å². The van der Waals surface area contributed by atoms with Gasteiger partial charge in [0.1, 0.15) is 0 Å². The Kier molecular flexibility index (Phi) is 3.55. The first-order valence-electron chi connectivity index (χ1n) is 5.49. The van der Waals surface area contributed by atoms with Crippen LogP contribution in [0.15, 0.2) is 36.4 Å². The smallest absolute Gasteiger partial charge is 0.310 e. The highest BCUT2D eigenvalue weighted by Gasteiger charge is 2.17. The minimum absolute atomic E-state index is 0.112.